The second kappa shape index (κ2) is 23.8. The summed E-state index contributed by atoms with van der Waals surface area (Å²) in [6, 6.07) is 66.4. The van der Waals surface area contributed by atoms with Gasteiger partial charge < -0.3 is 18.9 Å². The average molecular weight is 913 g/mol. The monoisotopic (exact) mass is 912 g/mol. The lowest BCUT2D eigenvalue weighted by Gasteiger charge is -2.33. The lowest BCUT2D eigenvalue weighted by Crippen LogP contribution is -2.41. The van der Waals surface area contributed by atoms with Gasteiger partial charge in [-0.2, -0.15) is 0 Å². The number of hydrogen-bond acceptors (Lipinski definition) is 8. The fourth-order valence-electron chi connectivity index (χ4n) is 7.83. The van der Waals surface area contributed by atoms with Crippen LogP contribution in [0.3, 0.4) is 0 Å². The zero-order valence-corrected chi connectivity index (χ0v) is 38.2. The van der Waals surface area contributed by atoms with Crippen LogP contribution < -0.4 is 0 Å². The summed E-state index contributed by atoms with van der Waals surface area (Å²) in [4.78, 5) is 52.4. The van der Waals surface area contributed by atoms with Crippen LogP contribution in [0.4, 0.5) is 0 Å². The molecule has 0 bridgehead atoms. The Bertz CT molecular complexity index is 2490. The summed E-state index contributed by atoms with van der Waals surface area (Å²) in [6.45, 7) is 1.79. The quantitative estimate of drug-likeness (QED) is 0.0552. The second-order valence-electron chi connectivity index (χ2n) is 17.0. The van der Waals surface area contributed by atoms with Gasteiger partial charge in [0.1, 0.15) is 0 Å². The van der Waals surface area contributed by atoms with Crippen LogP contribution in [-0.4, -0.2) is 49.6 Å². The summed E-state index contributed by atoms with van der Waals surface area (Å²) in [5.74, 6) is -0.219. The molecule has 0 atom stereocenters. The van der Waals surface area contributed by atoms with E-state index in [1.807, 2.05) is 170 Å². The molecule has 0 radical (unpaired) electrons. The van der Waals surface area contributed by atoms with Gasteiger partial charge in [0.25, 0.3) is 0 Å². The normalized spacial score (nSPS) is 11.2. The van der Waals surface area contributed by atoms with Crippen LogP contribution in [0.2, 0.25) is 0 Å². The molecule has 344 valence electrons. The van der Waals surface area contributed by atoms with E-state index in [2.05, 4.69) is 0 Å². The maximum absolute atomic E-state index is 13.1. The Labute approximate surface area is 403 Å². The van der Waals surface area contributed by atoms with Crippen molar-refractivity contribution in [3.05, 3.63) is 285 Å². The molecule has 0 unspecified atom stereocenters. The predicted molar refractivity (Wildman–Crippen MR) is 266 cm³/mol. The molecule has 0 fully saturated rings. The molecule has 8 aromatic rings. The highest BCUT2D eigenvalue weighted by Crippen LogP contribution is 2.25. The topological polar surface area (TPSA) is 105 Å². The zero-order valence-electron chi connectivity index (χ0n) is 38.2. The van der Waals surface area contributed by atoms with Gasteiger partial charge in [0.05, 0.1) is 58.3 Å². The van der Waals surface area contributed by atoms with E-state index in [-0.39, 0.29) is 76.0 Å². The molecule has 0 N–H and O–H groups in total. The molecule has 0 saturated carbocycles. The van der Waals surface area contributed by atoms with Gasteiger partial charge in [-0.15, -0.1) is 0 Å². The lowest BCUT2D eigenvalue weighted by molar-refractivity contribution is -0.117. The first-order valence-corrected chi connectivity index (χ1v) is 22.9. The highest BCUT2D eigenvalue weighted by atomic mass is 16.5. The Hall–Kier alpha value is -7.72. The molecule has 0 aliphatic rings. The third kappa shape index (κ3) is 13.3. The van der Waals surface area contributed by atoms with Gasteiger partial charge in [-0.05, 0) is 22.3 Å². The first kappa shape index (κ1) is 47.8. The Morgan fingerprint density at radius 2 is 0.420 bits per heavy atom. The number of rotatable bonds is 24. The Balaban J connectivity index is 0.989. The van der Waals surface area contributed by atoms with Crippen molar-refractivity contribution in [3.8, 4) is 0 Å². The predicted octanol–water partition coefficient (Wildman–Crippen LogP) is 11.8. The van der Waals surface area contributed by atoms with Crippen molar-refractivity contribution in [2.45, 2.75) is 26.4 Å². The van der Waals surface area contributed by atoms with Crippen molar-refractivity contribution < 1.29 is 38.1 Å². The summed E-state index contributed by atoms with van der Waals surface area (Å²) in [7, 11) is 0. The Morgan fingerprint density at radius 3 is 0.609 bits per heavy atom. The minimum absolute atomic E-state index is 0.0548. The first-order chi connectivity index (χ1) is 33.8. The van der Waals surface area contributed by atoms with Gasteiger partial charge in [-0.25, -0.2) is 0 Å². The summed E-state index contributed by atoms with van der Waals surface area (Å²) in [6.07, 6.45) is 0. The van der Waals surface area contributed by atoms with Gasteiger partial charge in [-0.3, -0.25) is 19.2 Å². The second-order valence-corrected chi connectivity index (χ2v) is 17.0. The molecule has 8 aromatic carbocycles. The van der Waals surface area contributed by atoms with E-state index < -0.39 is 5.41 Å². The molecule has 0 spiro atoms. The number of benzene rings is 8. The molecule has 0 aliphatic carbocycles. The van der Waals surface area contributed by atoms with Crippen LogP contribution >= 0.6 is 0 Å². The highest BCUT2D eigenvalue weighted by molar-refractivity contribution is 6.10. The SMILES string of the molecule is O=C(c1ccccc1)c1ccc(COCC(COCc2ccc(C(=O)c3ccccc3)cc2)(COCc2ccc(C(=O)c3ccccc3)cc2)COCc2ccc(C(=O)c3ccccc3)cc2)cc1. The van der Waals surface area contributed by atoms with Gasteiger partial charge in [-0.1, -0.05) is 218 Å². The third-order valence-corrected chi connectivity index (χ3v) is 11.7. The van der Waals surface area contributed by atoms with Crippen molar-refractivity contribution in [1.82, 2.24) is 0 Å². The molecular formula is C61H52O8. The van der Waals surface area contributed by atoms with Crippen molar-refractivity contribution in [1.29, 1.82) is 0 Å². The number of ketones is 4. The van der Waals surface area contributed by atoms with Crippen LogP contribution in [-0.2, 0) is 45.4 Å². The maximum Gasteiger partial charge on any atom is 0.193 e. The number of carbonyl (C=O) groups excluding carboxylic acids is 4. The molecule has 0 aliphatic heterocycles. The van der Waals surface area contributed by atoms with Crippen LogP contribution in [0, 0.1) is 5.41 Å². The van der Waals surface area contributed by atoms with Crippen molar-refractivity contribution in [2.75, 3.05) is 26.4 Å². The largest absolute Gasteiger partial charge is 0.376 e. The lowest BCUT2D eigenvalue weighted by atomic mass is 9.92. The first-order valence-electron chi connectivity index (χ1n) is 22.9. The van der Waals surface area contributed by atoms with Crippen LogP contribution in [0.5, 0.6) is 0 Å². The third-order valence-electron chi connectivity index (χ3n) is 11.7. The Morgan fingerprint density at radius 1 is 0.246 bits per heavy atom. The van der Waals surface area contributed by atoms with Crippen LogP contribution in [0.1, 0.15) is 85.9 Å². The molecule has 0 amide bonds. The molecule has 0 aromatic heterocycles. The summed E-state index contributed by atoms with van der Waals surface area (Å²) in [5, 5.41) is 0. The molecule has 69 heavy (non-hydrogen) atoms. The van der Waals surface area contributed by atoms with E-state index in [0.717, 1.165) is 22.3 Å². The van der Waals surface area contributed by atoms with Gasteiger partial charge in [0, 0.05) is 44.5 Å². The fourth-order valence-corrected chi connectivity index (χ4v) is 7.83. The fraction of sp³-hybridized carbons (Fsp3) is 0.148. The van der Waals surface area contributed by atoms with Crippen molar-refractivity contribution in [2.24, 2.45) is 5.41 Å². The van der Waals surface area contributed by atoms with E-state index in [4.69, 9.17) is 18.9 Å². The van der Waals surface area contributed by atoms with E-state index in [0.29, 0.717) is 44.5 Å². The zero-order chi connectivity index (χ0) is 47.7. The summed E-state index contributed by atoms with van der Waals surface area (Å²) >= 11 is 0. The van der Waals surface area contributed by atoms with E-state index >= 15 is 0 Å². The van der Waals surface area contributed by atoms with Gasteiger partial charge in [0.2, 0.25) is 0 Å². The smallest absolute Gasteiger partial charge is 0.193 e. The minimum Gasteiger partial charge on any atom is -0.376 e. The van der Waals surface area contributed by atoms with Crippen LogP contribution in [0.25, 0.3) is 0 Å². The van der Waals surface area contributed by atoms with Gasteiger partial charge in [0.15, 0.2) is 23.1 Å². The summed E-state index contributed by atoms with van der Waals surface area (Å²) < 4.78 is 26.0. The molecule has 8 nitrogen and oxygen atoms in total. The molecule has 8 rings (SSSR count). The average Bonchev–Trinajstić information content (AvgIpc) is 3.42. The van der Waals surface area contributed by atoms with E-state index in [9.17, 15) is 19.2 Å². The van der Waals surface area contributed by atoms with Crippen molar-refractivity contribution in [3.63, 3.8) is 0 Å². The van der Waals surface area contributed by atoms with Gasteiger partial charge >= 0.3 is 0 Å². The molecule has 8 heteroatoms. The van der Waals surface area contributed by atoms with E-state index in [1.54, 1.807) is 48.5 Å². The Kier molecular flexibility index (Phi) is 16.5. The minimum atomic E-state index is -0.821. The van der Waals surface area contributed by atoms with Crippen LogP contribution in [0.15, 0.2) is 218 Å². The number of ether oxygens (including phenoxy) is 4. The molecular weight excluding hydrogens is 861 g/mol. The maximum atomic E-state index is 13.1. The highest BCUT2D eigenvalue weighted by Gasteiger charge is 2.33. The molecule has 0 saturated heterocycles. The summed E-state index contributed by atoms with van der Waals surface area (Å²) in [5.41, 5.74) is 7.55. The van der Waals surface area contributed by atoms with Crippen molar-refractivity contribution >= 4 is 23.1 Å². The van der Waals surface area contributed by atoms with E-state index in [1.165, 1.54) is 0 Å². The number of hydrogen-bond donors (Lipinski definition) is 0. The standard InChI is InChI=1S/C61H52O8/c62-57(49-13-5-1-6-14-49)53-29-21-45(22-30-53)37-66-41-61(42-67-38-46-23-31-54(32-24-46)58(63)50-15-7-2-8-16-50,43-68-39-47-25-33-55(34-26-47)59(64)51-17-9-3-10-18-51)44-69-40-48-27-35-56(36-28-48)60(65)52-19-11-4-12-20-52/h1-36H,37-44H2. The molecule has 0 heterocycles. The number of carbonyl (C=O) groups is 4.